The fraction of sp³-hybridized carbons (Fsp3) is 0.769. The van der Waals surface area contributed by atoms with E-state index in [9.17, 15) is 0 Å². The number of likely N-dealkylation sites (N-methyl/N-ethyl adjacent to an activating group) is 1. The maximum absolute atomic E-state index is 4.63. The Kier molecular flexibility index (Phi) is 5.00. The van der Waals surface area contributed by atoms with Crippen molar-refractivity contribution in [1.29, 1.82) is 0 Å². The summed E-state index contributed by atoms with van der Waals surface area (Å²) in [6.07, 6.45) is 2.23. The number of rotatable bonds is 6. The molecule has 1 rings (SSSR count). The molecule has 0 amide bonds. The number of nitrogens with one attached hydrogen (secondary N) is 1. The van der Waals surface area contributed by atoms with Crippen LogP contribution in [0, 0.1) is 13.8 Å². The smallest absolute Gasteiger partial charge is 0.0628 e. The Hall–Kier alpha value is -0.830. The van der Waals surface area contributed by atoms with Crippen LogP contribution in [-0.4, -0.2) is 22.4 Å². The van der Waals surface area contributed by atoms with Crippen molar-refractivity contribution in [2.75, 3.05) is 6.54 Å². The van der Waals surface area contributed by atoms with Crippen LogP contribution in [0.4, 0.5) is 0 Å². The van der Waals surface area contributed by atoms with Gasteiger partial charge in [-0.1, -0.05) is 20.8 Å². The highest BCUT2D eigenvalue weighted by Gasteiger charge is 2.12. The highest BCUT2D eigenvalue weighted by atomic mass is 15.3. The average Bonchev–Trinajstić information content (AvgIpc) is 2.53. The molecule has 0 saturated carbocycles. The van der Waals surface area contributed by atoms with Crippen LogP contribution in [0.3, 0.4) is 0 Å². The van der Waals surface area contributed by atoms with Crippen LogP contribution in [0.25, 0.3) is 0 Å². The zero-order valence-electron chi connectivity index (χ0n) is 11.3. The third-order valence-electron chi connectivity index (χ3n) is 3.26. The number of nitrogens with zero attached hydrogens (tertiary/aromatic N) is 2. The molecule has 0 bridgehead atoms. The van der Waals surface area contributed by atoms with Crippen molar-refractivity contribution in [1.82, 2.24) is 15.1 Å². The lowest BCUT2D eigenvalue weighted by molar-refractivity contribution is 0.418. The van der Waals surface area contributed by atoms with Crippen LogP contribution in [0.15, 0.2) is 0 Å². The molecule has 3 nitrogen and oxygen atoms in total. The topological polar surface area (TPSA) is 29.9 Å². The summed E-state index contributed by atoms with van der Waals surface area (Å²) in [6.45, 7) is 12.9. The van der Waals surface area contributed by atoms with Crippen molar-refractivity contribution in [3.63, 3.8) is 0 Å². The van der Waals surface area contributed by atoms with Crippen LogP contribution in [0.5, 0.6) is 0 Å². The maximum Gasteiger partial charge on any atom is 0.0628 e. The lowest BCUT2D eigenvalue weighted by atomic mass is 10.1. The minimum absolute atomic E-state index is 0.535. The predicted octanol–water partition coefficient (Wildman–Crippen LogP) is 2.45. The van der Waals surface area contributed by atoms with Gasteiger partial charge in [0.1, 0.15) is 0 Å². The average molecular weight is 223 g/mol. The summed E-state index contributed by atoms with van der Waals surface area (Å²) in [6, 6.07) is 0.535. The Bertz CT molecular complexity index is 328. The Morgan fingerprint density at radius 1 is 1.25 bits per heavy atom. The van der Waals surface area contributed by atoms with E-state index in [1.807, 2.05) is 0 Å². The molecular formula is C13H25N3. The number of hydrogen-bond acceptors (Lipinski definition) is 2. The Labute approximate surface area is 99.2 Å². The van der Waals surface area contributed by atoms with Crippen molar-refractivity contribution in [3.8, 4) is 0 Å². The van der Waals surface area contributed by atoms with Crippen LogP contribution in [0.1, 0.15) is 44.1 Å². The van der Waals surface area contributed by atoms with Gasteiger partial charge in [0.2, 0.25) is 0 Å². The lowest BCUT2D eigenvalue weighted by Crippen LogP contribution is -2.33. The summed E-state index contributed by atoms with van der Waals surface area (Å²) in [5.74, 6) is 0. The van der Waals surface area contributed by atoms with Crippen molar-refractivity contribution < 1.29 is 0 Å². The molecule has 3 heteroatoms. The number of aromatic nitrogens is 2. The third kappa shape index (κ3) is 2.85. The fourth-order valence-corrected chi connectivity index (χ4v) is 2.26. The van der Waals surface area contributed by atoms with Crippen molar-refractivity contribution in [3.05, 3.63) is 17.0 Å². The third-order valence-corrected chi connectivity index (χ3v) is 3.26. The Balaban J connectivity index is 2.80. The number of hydrogen-bond donors (Lipinski definition) is 1. The van der Waals surface area contributed by atoms with Gasteiger partial charge in [-0.3, -0.25) is 4.68 Å². The molecule has 1 unspecified atom stereocenters. The minimum atomic E-state index is 0.535. The van der Waals surface area contributed by atoms with E-state index in [1.54, 1.807) is 0 Å². The van der Waals surface area contributed by atoms with Crippen molar-refractivity contribution in [2.24, 2.45) is 0 Å². The van der Waals surface area contributed by atoms with E-state index < -0.39 is 0 Å². The second-order valence-corrected chi connectivity index (χ2v) is 4.35. The Morgan fingerprint density at radius 3 is 2.38 bits per heavy atom. The highest BCUT2D eigenvalue weighted by molar-refractivity contribution is 5.24. The molecule has 0 fully saturated rings. The zero-order chi connectivity index (χ0) is 12.1. The SMILES string of the molecule is CCNC(CC)Cn1nc(C)c(CC)c1C. The second-order valence-electron chi connectivity index (χ2n) is 4.35. The Morgan fingerprint density at radius 2 is 1.94 bits per heavy atom. The lowest BCUT2D eigenvalue weighted by Gasteiger charge is -2.16. The normalized spacial score (nSPS) is 13.1. The molecule has 1 aromatic rings. The largest absolute Gasteiger partial charge is 0.312 e. The van der Waals surface area contributed by atoms with E-state index in [0.717, 1.165) is 25.9 Å². The summed E-state index contributed by atoms with van der Waals surface area (Å²) >= 11 is 0. The summed E-state index contributed by atoms with van der Waals surface area (Å²) in [5.41, 5.74) is 3.93. The van der Waals surface area contributed by atoms with E-state index in [4.69, 9.17) is 0 Å². The van der Waals surface area contributed by atoms with Crippen LogP contribution < -0.4 is 5.32 Å². The summed E-state index contributed by atoms with van der Waals surface area (Å²) in [4.78, 5) is 0. The van der Waals surface area contributed by atoms with Gasteiger partial charge in [-0.25, -0.2) is 0 Å². The van der Waals surface area contributed by atoms with Crippen LogP contribution in [0.2, 0.25) is 0 Å². The maximum atomic E-state index is 4.63. The van der Waals surface area contributed by atoms with Gasteiger partial charge in [0.25, 0.3) is 0 Å². The molecule has 1 N–H and O–H groups in total. The molecule has 0 saturated heterocycles. The molecule has 0 radical (unpaired) electrons. The molecule has 1 atom stereocenters. The minimum Gasteiger partial charge on any atom is -0.312 e. The van der Waals surface area contributed by atoms with E-state index >= 15 is 0 Å². The molecule has 16 heavy (non-hydrogen) atoms. The molecule has 0 aliphatic rings. The van der Waals surface area contributed by atoms with Crippen LogP contribution >= 0.6 is 0 Å². The van der Waals surface area contributed by atoms with Crippen LogP contribution in [-0.2, 0) is 13.0 Å². The molecule has 92 valence electrons. The van der Waals surface area contributed by atoms with Gasteiger partial charge in [-0.15, -0.1) is 0 Å². The first-order chi connectivity index (χ1) is 7.63. The summed E-state index contributed by atoms with van der Waals surface area (Å²) in [5, 5.41) is 8.12. The molecular weight excluding hydrogens is 198 g/mol. The van der Waals surface area contributed by atoms with E-state index in [1.165, 1.54) is 17.0 Å². The molecule has 1 heterocycles. The van der Waals surface area contributed by atoms with Crippen molar-refractivity contribution in [2.45, 2.75) is 60.0 Å². The molecule has 1 aromatic heterocycles. The molecule has 0 aliphatic carbocycles. The zero-order valence-corrected chi connectivity index (χ0v) is 11.3. The van der Waals surface area contributed by atoms with E-state index in [0.29, 0.717) is 6.04 Å². The van der Waals surface area contributed by atoms with Gasteiger partial charge < -0.3 is 5.32 Å². The van der Waals surface area contributed by atoms with Gasteiger partial charge in [-0.2, -0.15) is 5.10 Å². The van der Waals surface area contributed by atoms with Gasteiger partial charge in [-0.05, 0) is 38.8 Å². The molecule has 0 spiro atoms. The fourth-order valence-electron chi connectivity index (χ4n) is 2.26. The predicted molar refractivity (Wildman–Crippen MR) is 68.8 cm³/mol. The van der Waals surface area contributed by atoms with Gasteiger partial charge in [0.15, 0.2) is 0 Å². The standard InChI is InChI=1S/C13H25N3/c1-6-12(14-8-3)9-16-11(5)13(7-2)10(4)15-16/h12,14H,6-9H2,1-5H3. The first-order valence-electron chi connectivity index (χ1n) is 6.40. The van der Waals surface area contributed by atoms with Crippen molar-refractivity contribution >= 4 is 0 Å². The van der Waals surface area contributed by atoms with E-state index in [2.05, 4.69) is 49.7 Å². The van der Waals surface area contributed by atoms with E-state index in [-0.39, 0.29) is 0 Å². The monoisotopic (exact) mass is 223 g/mol. The van der Waals surface area contributed by atoms with Gasteiger partial charge in [0, 0.05) is 11.7 Å². The van der Waals surface area contributed by atoms with Gasteiger partial charge in [0.05, 0.1) is 12.2 Å². The second kappa shape index (κ2) is 6.04. The van der Waals surface area contributed by atoms with Gasteiger partial charge >= 0.3 is 0 Å². The molecule has 0 aromatic carbocycles. The quantitative estimate of drug-likeness (QED) is 0.803. The summed E-state index contributed by atoms with van der Waals surface area (Å²) in [7, 11) is 0. The highest BCUT2D eigenvalue weighted by Crippen LogP contribution is 2.14. The molecule has 0 aliphatic heterocycles. The first-order valence-corrected chi connectivity index (χ1v) is 6.40. The summed E-state index contributed by atoms with van der Waals surface area (Å²) < 4.78 is 2.16. The number of aryl methyl sites for hydroxylation is 1. The first kappa shape index (κ1) is 13.2.